The zero-order valence-electron chi connectivity index (χ0n) is 12.3. The molecule has 3 rings (SSSR count). The number of rotatable bonds is 3. The molecule has 2 fully saturated rings. The predicted octanol–water partition coefficient (Wildman–Crippen LogP) is 3.07. The zero-order valence-corrected chi connectivity index (χ0v) is 13.2. The van der Waals surface area contributed by atoms with Crippen molar-refractivity contribution >= 4 is 23.2 Å². The van der Waals surface area contributed by atoms with Gasteiger partial charge < -0.3 is 10.5 Å². The van der Waals surface area contributed by atoms with E-state index in [4.69, 9.17) is 10.5 Å². The number of ketones is 1. The maximum absolute atomic E-state index is 12.6. The third-order valence-electron chi connectivity index (χ3n) is 4.71. The van der Waals surface area contributed by atoms with Crippen LogP contribution in [0, 0.1) is 5.92 Å². The van der Waals surface area contributed by atoms with Gasteiger partial charge in [0.05, 0.1) is 5.60 Å². The van der Waals surface area contributed by atoms with E-state index in [2.05, 4.69) is 0 Å². The molecule has 0 aliphatic carbocycles. The molecule has 1 aromatic rings. The summed E-state index contributed by atoms with van der Waals surface area (Å²) < 4.78 is 6.07. The highest BCUT2D eigenvalue weighted by Gasteiger charge is 2.40. The van der Waals surface area contributed by atoms with Crippen LogP contribution in [0.2, 0.25) is 0 Å². The molecular formula is C17H23NO2S. The minimum atomic E-state index is -0.00899. The minimum Gasteiger partial charge on any atom is -0.399 e. The van der Waals surface area contributed by atoms with Gasteiger partial charge >= 0.3 is 0 Å². The number of ether oxygens (including phenoxy) is 1. The summed E-state index contributed by atoms with van der Waals surface area (Å²) in [5, 5.41) is 0. The molecule has 1 aromatic carbocycles. The first-order valence-electron chi connectivity index (χ1n) is 7.76. The van der Waals surface area contributed by atoms with Gasteiger partial charge in [-0.25, -0.2) is 0 Å². The van der Waals surface area contributed by atoms with Crippen molar-refractivity contribution in [2.45, 2.75) is 37.7 Å². The Morgan fingerprint density at radius 2 is 2.00 bits per heavy atom. The lowest BCUT2D eigenvalue weighted by Gasteiger charge is -2.43. The lowest BCUT2D eigenvalue weighted by Crippen LogP contribution is -2.44. The van der Waals surface area contributed by atoms with Crippen molar-refractivity contribution < 1.29 is 9.53 Å². The Kier molecular flexibility index (Phi) is 4.55. The second-order valence-electron chi connectivity index (χ2n) is 6.22. The van der Waals surface area contributed by atoms with Gasteiger partial charge in [-0.1, -0.05) is 12.1 Å². The van der Waals surface area contributed by atoms with Crippen molar-refractivity contribution in [1.29, 1.82) is 0 Å². The Balaban J connectivity index is 1.62. The van der Waals surface area contributed by atoms with Crippen molar-refractivity contribution in [3.05, 3.63) is 29.8 Å². The smallest absolute Gasteiger partial charge is 0.140 e. The first kappa shape index (κ1) is 14.9. The standard InChI is InChI=1S/C17H23NO2S/c18-15-3-1-13(2-4-15)11-16(19)14-5-8-20-17(12-14)6-9-21-10-7-17/h1-4,14H,5-12,18H2. The van der Waals surface area contributed by atoms with Crippen LogP contribution in [0.25, 0.3) is 0 Å². The summed E-state index contributed by atoms with van der Waals surface area (Å²) in [6.07, 6.45) is 4.52. The molecule has 1 unspecified atom stereocenters. The van der Waals surface area contributed by atoms with Gasteiger partial charge in [-0.05, 0) is 54.9 Å². The van der Waals surface area contributed by atoms with Gasteiger partial charge in [0.25, 0.3) is 0 Å². The first-order valence-corrected chi connectivity index (χ1v) is 8.91. The predicted molar refractivity (Wildman–Crippen MR) is 87.5 cm³/mol. The van der Waals surface area contributed by atoms with Gasteiger partial charge in [-0.15, -0.1) is 0 Å². The molecule has 0 bridgehead atoms. The van der Waals surface area contributed by atoms with Crippen LogP contribution in [-0.2, 0) is 16.0 Å². The summed E-state index contributed by atoms with van der Waals surface area (Å²) in [6.45, 7) is 0.739. The lowest BCUT2D eigenvalue weighted by molar-refractivity contribution is -0.137. The van der Waals surface area contributed by atoms with E-state index in [0.29, 0.717) is 12.2 Å². The molecule has 4 heteroatoms. The lowest BCUT2D eigenvalue weighted by atomic mass is 9.79. The van der Waals surface area contributed by atoms with Crippen LogP contribution < -0.4 is 5.73 Å². The van der Waals surface area contributed by atoms with Crippen LogP contribution in [0.15, 0.2) is 24.3 Å². The number of nitrogen functional groups attached to an aromatic ring is 1. The molecule has 1 spiro atoms. The van der Waals surface area contributed by atoms with Crippen LogP contribution in [0.5, 0.6) is 0 Å². The largest absolute Gasteiger partial charge is 0.399 e. The van der Waals surface area contributed by atoms with E-state index in [1.54, 1.807) is 0 Å². The molecule has 21 heavy (non-hydrogen) atoms. The number of hydrogen-bond acceptors (Lipinski definition) is 4. The molecule has 1 atom stereocenters. The first-order chi connectivity index (χ1) is 10.2. The zero-order chi connectivity index (χ0) is 14.7. The number of carbonyl (C=O) groups is 1. The number of hydrogen-bond donors (Lipinski definition) is 1. The number of Topliss-reactive ketones (excluding diaryl/α,β-unsaturated/α-hetero) is 1. The Bertz CT molecular complexity index is 489. The van der Waals surface area contributed by atoms with Crippen molar-refractivity contribution in [2.75, 3.05) is 23.8 Å². The molecule has 0 aromatic heterocycles. The van der Waals surface area contributed by atoms with Gasteiger partial charge in [0, 0.05) is 24.6 Å². The van der Waals surface area contributed by atoms with Gasteiger partial charge in [-0.2, -0.15) is 11.8 Å². The number of nitrogens with two attached hydrogens (primary N) is 1. The number of carbonyl (C=O) groups excluding carboxylic acids is 1. The average molecular weight is 305 g/mol. The second kappa shape index (κ2) is 6.41. The summed E-state index contributed by atoms with van der Waals surface area (Å²) >= 11 is 2.00. The van der Waals surface area contributed by atoms with E-state index in [1.165, 1.54) is 11.5 Å². The highest BCUT2D eigenvalue weighted by atomic mass is 32.2. The fourth-order valence-corrected chi connectivity index (χ4v) is 4.61. The maximum Gasteiger partial charge on any atom is 0.140 e. The molecule has 2 heterocycles. The number of thioether (sulfide) groups is 1. The van der Waals surface area contributed by atoms with E-state index >= 15 is 0 Å². The maximum atomic E-state index is 12.6. The molecule has 3 nitrogen and oxygen atoms in total. The molecule has 0 radical (unpaired) electrons. The molecule has 2 saturated heterocycles. The van der Waals surface area contributed by atoms with E-state index < -0.39 is 0 Å². The molecule has 114 valence electrons. The van der Waals surface area contributed by atoms with Crippen LogP contribution in [-0.4, -0.2) is 29.5 Å². The third kappa shape index (κ3) is 3.61. The minimum absolute atomic E-state index is 0.00899. The Hall–Kier alpha value is -1.00. The summed E-state index contributed by atoms with van der Waals surface area (Å²) in [5.74, 6) is 2.86. The normalized spacial score (nSPS) is 24.9. The van der Waals surface area contributed by atoms with Crippen molar-refractivity contribution in [2.24, 2.45) is 5.92 Å². The second-order valence-corrected chi connectivity index (χ2v) is 7.44. The van der Waals surface area contributed by atoms with Crippen molar-refractivity contribution in [3.63, 3.8) is 0 Å². The Morgan fingerprint density at radius 3 is 2.71 bits per heavy atom. The Labute approximate surface area is 130 Å². The molecule has 2 N–H and O–H groups in total. The highest BCUT2D eigenvalue weighted by molar-refractivity contribution is 7.99. The van der Waals surface area contributed by atoms with Crippen molar-refractivity contribution in [1.82, 2.24) is 0 Å². The molecule has 2 aliphatic heterocycles. The molecular weight excluding hydrogens is 282 g/mol. The van der Waals surface area contributed by atoms with Gasteiger partial charge in [0.15, 0.2) is 0 Å². The Morgan fingerprint density at radius 1 is 1.29 bits per heavy atom. The van der Waals surface area contributed by atoms with Crippen LogP contribution in [0.3, 0.4) is 0 Å². The monoisotopic (exact) mass is 305 g/mol. The van der Waals surface area contributed by atoms with E-state index in [-0.39, 0.29) is 11.5 Å². The van der Waals surface area contributed by atoms with E-state index in [0.717, 1.165) is 43.5 Å². The fourth-order valence-electron chi connectivity index (χ4n) is 3.38. The van der Waals surface area contributed by atoms with Gasteiger partial charge in [-0.3, -0.25) is 4.79 Å². The summed E-state index contributed by atoms with van der Waals surface area (Å²) in [7, 11) is 0. The topological polar surface area (TPSA) is 52.3 Å². The average Bonchev–Trinajstić information content (AvgIpc) is 2.50. The SMILES string of the molecule is Nc1ccc(CC(=O)C2CCOC3(CCSCC3)C2)cc1. The van der Waals surface area contributed by atoms with E-state index in [1.807, 2.05) is 36.0 Å². The van der Waals surface area contributed by atoms with Crippen LogP contribution in [0.1, 0.15) is 31.2 Å². The van der Waals surface area contributed by atoms with Crippen molar-refractivity contribution in [3.8, 4) is 0 Å². The molecule has 0 saturated carbocycles. The van der Waals surface area contributed by atoms with E-state index in [9.17, 15) is 4.79 Å². The summed E-state index contributed by atoms with van der Waals surface area (Å²) in [6, 6.07) is 7.65. The number of benzene rings is 1. The third-order valence-corrected chi connectivity index (χ3v) is 5.70. The molecule has 2 aliphatic rings. The van der Waals surface area contributed by atoms with Crippen LogP contribution >= 0.6 is 11.8 Å². The fraction of sp³-hybridized carbons (Fsp3) is 0.588. The quantitative estimate of drug-likeness (QED) is 0.872. The highest BCUT2D eigenvalue weighted by Crippen LogP contribution is 2.40. The van der Waals surface area contributed by atoms with Crippen LogP contribution in [0.4, 0.5) is 5.69 Å². The summed E-state index contributed by atoms with van der Waals surface area (Å²) in [4.78, 5) is 12.6. The molecule has 0 amide bonds. The summed E-state index contributed by atoms with van der Waals surface area (Å²) in [5.41, 5.74) is 7.49. The number of anilines is 1. The van der Waals surface area contributed by atoms with Gasteiger partial charge in [0.2, 0.25) is 0 Å². The van der Waals surface area contributed by atoms with Gasteiger partial charge in [0.1, 0.15) is 5.78 Å².